The Morgan fingerprint density at radius 3 is 2.95 bits per heavy atom. The Kier molecular flexibility index (Phi) is 5.18. The van der Waals surface area contributed by atoms with Crippen LogP contribution in [0.3, 0.4) is 0 Å². The van der Waals surface area contributed by atoms with Crippen molar-refractivity contribution in [1.29, 1.82) is 0 Å². The highest BCUT2D eigenvalue weighted by Gasteiger charge is 2.09. The lowest BCUT2D eigenvalue weighted by atomic mass is 10.1. The third-order valence-corrected chi connectivity index (χ3v) is 4.84. The molecule has 0 aliphatic heterocycles. The number of hydrogen-bond donors (Lipinski definition) is 1. The molecular weight excluding hydrogens is 278 g/mol. The zero-order chi connectivity index (χ0) is 13.7. The predicted octanol–water partition coefficient (Wildman–Crippen LogP) is 3.12. The van der Waals surface area contributed by atoms with E-state index in [4.69, 9.17) is 4.74 Å². The average molecular weight is 295 g/mol. The fraction of sp³-hybridized carbons (Fsp3) is 0.385. The summed E-state index contributed by atoms with van der Waals surface area (Å²) in [5.74, 6) is 1.76. The number of rotatable bonds is 6. The van der Waals surface area contributed by atoms with Crippen molar-refractivity contribution in [1.82, 2.24) is 15.5 Å². The molecule has 102 valence electrons. The minimum Gasteiger partial charge on any atom is -0.496 e. The summed E-state index contributed by atoms with van der Waals surface area (Å²) < 4.78 is 6.40. The van der Waals surface area contributed by atoms with Crippen LogP contribution in [0, 0.1) is 0 Å². The Hall–Kier alpha value is -1.11. The van der Waals surface area contributed by atoms with Gasteiger partial charge in [0.2, 0.25) is 0 Å². The van der Waals surface area contributed by atoms with E-state index < -0.39 is 0 Å². The van der Waals surface area contributed by atoms with E-state index >= 15 is 0 Å². The van der Waals surface area contributed by atoms with Crippen LogP contribution in [-0.2, 0) is 5.75 Å². The van der Waals surface area contributed by atoms with Crippen LogP contribution in [-0.4, -0.2) is 24.4 Å². The van der Waals surface area contributed by atoms with Crippen LogP contribution in [0.5, 0.6) is 5.75 Å². The summed E-state index contributed by atoms with van der Waals surface area (Å²) in [6, 6.07) is 6.64. The molecule has 0 saturated heterocycles. The highest BCUT2D eigenvalue weighted by Crippen LogP contribution is 2.30. The first kappa shape index (κ1) is 14.3. The Morgan fingerprint density at radius 1 is 1.47 bits per heavy atom. The molecule has 2 rings (SSSR count). The van der Waals surface area contributed by atoms with Gasteiger partial charge in [0.05, 0.1) is 7.11 Å². The van der Waals surface area contributed by atoms with Gasteiger partial charge in [-0.15, -0.1) is 10.2 Å². The van der Waals surface area contributed by atoms with E-state index in [1.54, 1.807) is 35.7 Å². The van der Waals surface area contributed by atoms with Crippen molar-refractivity contribution < 1.29 is 4.74 Å². The molecule has 19 heavy (non-hydrogen) atoms. The molecule has 4 nitrogen and oxygen atoms in total. The summed E-state index contributed by atoms with van der Waals surface area (Å²) in [6.45, 7) is 2.14. The maximum absolute atomic E-state index is 5.42. The van der Waals surface area contributed by atoms with E-state index in [2.05, 4.69) is 34.6 Å². The molecule has 1 aromatic carbocycles. The Bertz CT molecular complexity index is 517. The monoisotopic (exact) mass is 295 g/mol. The lowest BCUT2D eigenvalue weighted by Crippen LogP contribution is -2.12. The number of nitrogens with zero attached hydrogens (tertiary/aromatic N) is 2. The molecule has 1 unspecified atom stereocenters. The standard InChI is InChI=1S/C13H17N3OS2/c1-9(14-2)10-4-5-12(17-3)11(6-10)7-18-13-16-15-8-19-13/h4-6,8-9,14H,7H2,1-3H3. The van der Waals surface area contributed by atoms with Crippen molar-refractivity contribution in [2.24, 2.45) is 0 Å². The molecule has 0 spiro atoms. The zero-order valence-electron chi connectivity index (χ0n) is 11.2. The normalized spacial score (nSPS) is 12.4. The lowest BCUT2D eigenvalue weighted by Gasteiger charge is -2.14. The van der Waals surface area contributed by atoms with Gasteiger partial charge in [-0.05, 0) is 31.7 Å². The predicted molar refractivity (Wildman–Crippen MR) is 79.9 cm³/mol. The third kappa shape index (κ3) is 3.68. The van der Waals surface area contributed by atoms with Crippen molar-refractivity contribution in [3.05, 3.63) is 34.8 Å². The summed E-state index contributed by atoms with van der Waals surface area (Å²) in [6.07, 6.45) is 0. The number of methoxy groups -OCH3 is 1. The first-order valence-electron chi connectivity index (χ1n) is 5.97. The second-order valence-corrected chi connectivity index (χ2v) is 6.13. The summed E-state index contributed by atoms with van der Waals surface area (Å²) in [5, 5.41) is 11.1. The third-order valence-electron chi connectivity index (χ3n) is 2.93. The molecule has 0 amide bonds. The van der Waals surface area contributed by atoms with Crippen LogP contribution >= 0.6 is 23.1 Å². The fourth-order valence-corrected chi connectivity index (χ4v) is 3.18. The first-order chi connectivity index (χ1) is 9.24. The molecule has 0 radical (unpaired) electrons. The van der Waals surface area contributed by atoms with Crippen molar-refractivity contribution >= 4 is 23.1 Å². The van der Waals surface area contributed by atoms with Crippen molar-refractivity contribution in [3.63, 3.8) is 0 Å². The fourth-order valence-electron chi connectivity index (χ4n) is 1.71. The molecule has 0 aliphatic carbocycles. The maximum atomic E-state index is 5.42. The number of benzene rings is 1. The second kappa shape index (κ2) is 6.88. The summed E-state index contributed by atoms with van der Waals surface area (Å²) >= 11 is 3.24. The van der Waals surface area contributed by atoms with Gasteiger partial charge in [-0.25, -0.2) is 0 Å². The Morgan fingerprint density at radius 2 is 2.32 bits per heavy atom. The highest BCUT2D eigenvalue weighted by molar-refractivity contribution is 8.00. The van der Waals surface area contributed by atoms with Gasteiger partial charge in [0.15, 0.2) is 4.34 Å². The molecule has 1 atom stereocenters. The SMILES string of the molecule is CNC(C)c1ccc(OC)c(CSc2nncs2)c1. The van der Waals surface area contributed by atoms with E-state index in [9.17, 15) is 0 Å². The molecule has 1 N–H and O–H groups in total. The van der Waals surface area contributed by atoms with Gasteiger partial charge < -0.3 is 10.1 Å². The largest absolute Gasteiger partial charge is 0.496 e. The lowest BCUT2D eigenvalue weighted by molar-refractivity contribution is 0.411. The second-order valence-electron chi connectivity index (χ2n) is 4.07. The molecule has 1 heterocycles. The molecule has 0 fully saturated rings. The molecular formula is C13H17N3OS2. The van der Waals surface area contributed by atoms with E-state index in [0.717, 1.165) is 15.8 Å². The number of hydrogen-bond acceptors (Lipinski definition) is 6. The number of thioether (sulfide) groups is 1. The number of nitrogens with one attached hydrogen (secondary N) is 1. The first-order valence-corrected chi connectivity index (χ1v) is 7.84. The smallest absolute Gasteiger partial charge is 0.174 e. The van der Waals surface area contributed by atoms with E-state index in [0.29, 0.717) is 6.04 Å². The minimum atomic E-state index is 0.330. The summed E-state index contributed by atoms with van der Waals surface area (Å²) in [7, 11) is 3.67. The highest BCUT2D eigenvalue weighted by atomic mass is 32.2. The zero-order valence-corrected chi connectivity index (χ0v) is 12.8. The quantitative estimate of drug-likeness (QED) is 0.830. The molecule has 0 bridgehead atoms. The van der Waals surface area contributed by atoms with Gasteiger partial charge >= 0.3 is 0 Å². The summed E-state index contributed by atoms with van der Waals surface area (Å²) in [4.78, 5) is 0. The van der Waals surface area contributed by atoms with Gasteiger partial charge in [-0.2, -0.15) is 0 Å². The maximum Gasteiger partial charge on any atom is 0.174 e. The van der Waals surface area contributed by atoms with Crippen molar-refractivity contribution in [3.8, 4) is 5.75 Å². The molecule has 0 aliphatic rings. The molecule has 6 heteroatoms. The van der Waals surface area contributed by atoms with Crippen LogP contribution in [0.2, 0.25) is 0 Å². The Balaban J connectivity index is 2.16. The van der Waals surface area contributed by atoms with Crippen LogP contribution in [0.15, 0.2) is 28.0 Å². The summed E-state index contributed by atoms with van der Waals surface area (Å²) in [5.41, 5.74) is 4.19. The van der Waals surface area contributed by atoms with Gasteiger partial charge in [-0.3, -0.25) is 0 Å². The van der Waals surface area contributed by atoms with E-state index in [1.165, 1.54) is 11.1 Å². The van der Waals surface area contributed by atoms with E-state index in [-0.39, 0.29) is 0 Å². The minimum absolute atomic E-state index is 0.330. The van der Waals surface area contributed by atoms with Crippen LogP contribution in [0.4, 0.5) is 0 Å². The van der Waals surface area contributed by atoms with Crippen LogP contribution in [0.25, 0.3) is 0 Å². The van der Waals surface area contributed by atoms with Crippen LogP contribution in [0.1, 0.15) is 24.1 Å². The van der Waals surface area contributed by atoms with Gasteiger partial charge in [0, 0.05) is 17.4 Å². The molecule has 2 aromatic rings. The van der Waals surface area contributed by atoms with Crippen molar-refractivity contribution in [2.45, 2.75) is 23.1 Å². The van der Waals surface area contributed by atoms with Gasteiger partial charge in [0.1, 0.15) is 11.3 Å². The molecule has 1 aromatic heterocycles. The van der Waals surface area contributed by atoms with Gasteiger partial charge in [0.25, 0.3) is 0 Å². The Labute approximate surface area is 121 Å². The average Bonchev–Trinajstić information content (AvgIpc) is 2.97. The van der Waals surface area contributed by atoms with Crippen LogP contribution < -0.4 is 10.1 Å². The topological polar surface area (TPSA) is 47.0 Å². The van der Waals surface area contributed by atoms with Gasteiger partial charge in [-0.1, -0.05) is 29.2 Å². The number of ether oxygens (including phenoxy) is 1. The van der Waals surface area contributed by atoms with Crippen molar-refractivity contribution in [2.75, 3.05) is 14.2 Å². The number of aromatic nitrogens is 2. The van der Waals surface area contributed by atoms with E-state index in [1.807, 2.05) is 13.1 Å². The molecule has 0 saturated carbocycles.